The highest BCUT2D eigenvalue weighted by Crippen LogP contribution is 2.57. The van der Waals surface area contributed by atoms with Crippen LogP contribution in [0, 0.1) is 35.0 Å². The summed E-state index contributed by atoms with van der Waals surface area (Å²) in [6.07, 6.45) is 3.81. The first-order chi connectivity index (χ1) is 13.6. The van der Waals surface area contributed by atoms with Gasteiger partial charge in [0.05, 0.1) is 0 Å². The van der Waals surface area contributed by atoms with Gasteiger partial charge in [-0.15, -0.1) is 0 Å². The lowest BCUT2D eigenvalue weighted by molar-refractivity contribution is -0.151. The van der Waals surface area contributed by atoms with Crippen LogP contribution in [0.15, 0.2) is 11.6 Å². The van der Waals surface area contributed by atoms with Crippen LogP contribution in [0.5, 0.6) is 0 Å². The molecule has 7 unspecified atom stereocenters. The van der Waals surface area contributed by atoms with Crippen LogP contribution >= 0.6 is 0 Å². The van der Waals surface area contributed by atoms with Crippen molar-refractivity contribution in [3.63, 3.8) is 0 Å². The second kappa shape index (κ2) is 8.33. The Bertz CT molecular complexity index is 712. The van der Waals surface area contributed by atoms with E-state index < -0.39 is 11.5 Å². The van der Waals surface area contributed by atoms with E-state index in [0.29, 0.717) is 24.7 Å². The molecule has 0 radical (unpaired) electrons. The number of ketones is 2. The molecule has 1 saturated carbocycles. The number of aliphatic hydroxyl groups excluding tert-OH is 1. The van der Waals surface area contributed by atoms with Gasteiger partial charge in [-0.3, -0.25) is 14.4 Å². The minimum Gasteiger partial charge on any atom is -0.385 e. The normalized spacial score (nSPS) is 43.1. The molecule has 7 atom stereocenters. The van der Waals surface area contributed by atoms with Gasteiger partial charge in [0, 0.05) is 24.8 Å². The second-order valence-electron chi connectivity index (χ2n) is 10.2. The van der Waals surface area contributed by atoms with E-state index in [1.54, 1.807) is 0 Å². The molecule has 162 valence electrons. The van der Waals surface area contributed by atoms with Gasteiger partial charge in [0.15, 0.2) is 5.78 Å². The Labute approximate surface area is 174 Å². The third-order valence-electron chi connectivity index (χ3n) is 7.78. The summed E-state index contributed by atoms with van der Waals surface area (Å²) in [5, 5.41) is 13.4. The molecule has 3 aliphatic rings. The maximum Gasteiger partial charge on any atom is 0.234 e. The van der Waals surface area contributed by atoms with Crippen LogP contribution in [0.2, 0.25) is 0 Å². The molecule has 1 saturated heterocycles. The van der Waals surface area contributed by atoms with Gasteiger partial charge in [-0.2, -0.15) is 0 Å². The zero-order valence-electron chi connectivity index (χ0n) is 18.5. The Balaban J connectivity index is 2.12. The average Bonchev–Trinajstić information content (AvgIpc) is 2.93. The van der Waals surface area contributed by atoms with E-state index in [1.807, 2.05) is 6.92 Å². The van der Waals surface area contributed by atoms with Crippen molar-refractivity contribution in [1.29, 1.82) is 0 Å². The van der Waals surface area contributed by atoms with Gasteiger partial charge >= 0.3 is 0 Å². The molecule has 0 aromatic heterocycles. The Kier molecular flexibility index (Phi) is 6.38. The third kappa shape index (κ3) is 3.83. The monoisotopic (exact) mass is 403 g/mol. The predicted molar refractivity (Wildman–Crippen MR) is 112 cm³/mol. The molecular formula is C24H37NO4. The average molecular weight is 404 g/mol. The SMILES string of the molecule is C/C1=C\C2CC(C)C(C)C3C(CC(C)C)NC(=O)C23C(=O)CCC(=O)C(O)CC1. The molecule has 2 aliphatic carbocycles. The van der Waals surface area contributed by atoms with Crippen LogP contribution in [0.1, 0.15) is 73.1 Å². The fourth-order valence-corrected chi connectivity index (χ4v) is 6.19. The van der Waals surface area contributed by atoms with Crippen molar-refractivity contribution >= 4 is 17.5 Å². The van der Waals surface area contributed by atoms with E-state index in [-0.39, 0.29) is 54.1 Å². The summed E-state index contributed by atoms with van der Waals surface area (Å²) in [7, 11) is 0. The lowest BCUT2D eigenvalue weighted by Gasteiger charge is -2.49. The maximum atomic E-state index is 13.7. The zero-order chi connectivity index (χ0) is 21.5. The summed E-state index contributed by atoms with van der Waals surface area (Å²) in [5.74, 6) is 0.349. The van der Waals surface area contributed by atoms with Gasteiger partial charge < -0.3 is 10.4 Å². The van der Waals surface area contributed by atoms with Gasteiger partial charge in [-0.1, -0.05) is 39.3 Å². The smallest absolute Gasteiger partial charge is 0.234 e. The lowest BCUT2D eigenvalue weighted by Crippen LogP contribution is -2.55. The zero-order valence-corrected chi connectivity index (χ0v) is 18.5. The van der Waals surface area contributed by atoms with Gasteiger partial charge in [0.2, 0.25) is 5.91 Å². The lowest BCUT2D eigenvalue weighted by atomic mass is 9.51. The minimum absolute atomic E-state index is 0.00757. The fraction of sp³-hybridized carbons (Fsp3) is 0.792. The first kappa shape index (κ1) is 22.2. The highest BCUT2D eigenvalue weighted by atomic mass is 16.3. The Morgan fingerprint density at radius 2 is 1.86 bits per heavy atom. The Hall–Kier alpha value is -1.49. The first-order valence-electron chi connectivity index (χ1n) is 11.3. The molecule has 3 rings (SSSR count). The number of aliphatic hydroxyl groups is 1. The molecule has 0 aromatic rings. The first-order valence-corrected chi connectivity index (χ1v) is 11.3. The summed E-state index contributed by atoms with van der Waals surface area (Å²) in [4.78, 5) is 39.6. The molecule has 29 heavy (non-hydrogen) atoms. The number of amides is 1. The van der Waals surface area contributed by atoms with Crippen LogP contribution in [-0.4, -0.2) is 34.7 Å². The highest BCUT2D eigenvalue weighted by molar-refractivity contribution is 6.09. The van der Waals surface area contributed by atoms with E-state index in [0.717, 1.165) is 18.4 Å². The molecule has 5 heteroatoms. The molecule has 5 nitrogen and oxygen atoms in total. The van der Waals surface area contributed by atoms with Gasteiger partial charge in [-0.05, 0) is 56.3 Å². The van der Waals surface area contributed by atoms with E-state index >= 15 is 0 Å². The van der Waals surface area contributed by atoms with Crippen molar-refractivity contribution in [3.05, 3.63) is 11.6 Å². The number of carbonyl (C=O) groups excluding carboxylic acids is 3. The van der Waals surface area contributed by atoms with Crippen molar-refractivity contribution in [1.82, 2.24) is 5.32 Å². The molecule has 1 heterocycles. The topological polar surface area (TPSA) is 83.5 Å². The van der Waals surface area contributed by atoms with Crippen molar-refractivity contribution in [2.24, 2.45) is 35.0 Å². The molecule has 1 aliphatic heterocycles. The molecule has 2 N–H and O–H groups in total. The number of nitrogens with one attached hydrogen (secondary N) is 1. The van der Waals surface area contributed by atoms with Crippen LogP contribution < -0.4 is 5.32 Å². The van der Waals surface area contributed by atoms with E-state index in [2.05, 4.69) is 39.1 Å². The largest absolute Gasteiger partial charge is 0.385 e. The summed E-state index contributed by atoms with van der Waals surface area (Å²) in [6.45, 7) is 10.7. The van der Waals surface area contributed by atoms with Gasteiger partial charge in [-0.25, -0.2) is 0 Å². The van der Waals surface area contributed by atoms with Gasteiger partial charge in [0.1, 0.15) is 17.3 Å². The molecule has 2 fully saturated rings. The summed E-state index contributed by atoms with van der Waals surface area (Å²) in [5.41, 5.74) is -0.0287. The maximum absolute atomic E-state index is 13.7. The quantitative estimate of drug-likeness (QED) is 0.546. The van der Waals surface area contributed by atoms with Crippen molar-refractivity contribution in [3.8, 4) is 0 Å². The van der Waals surface area contributed by atoms with Crippen LogP contribution in [0.4, 0.5) is 0 Å². The number of Topliss-reactive ketones (excluding diaryl/α,β-unsaturated/α-hetero) is 2. The number of hydrogen-bond donors (Lipinski definition) is 2. The number of rotatable bonds is 2. The number of allylic oxidation sites excluding steroid dienone is 2. The van der Waals surface area contributed by atoms with Crippen molar-refractivity contribution < 1.29 is 19.5 Å². The summed E-state index contributed by atoms with van der Waals surface area (Å²) < 4.78 is 0. The van der Waals surface area contributed by atoms with Crippen LogP contribution in [0.3, 0.4) is 0 Å². The fourth-order valence-electron chi connectivity index (χ4n) is 6.19. The molecule has 0 bridgehead atoms. The molecule has 1 amide bonds. The minimum atomic E-state index is -1.08. The predicted octanol–water partition coefficient (Wildman–Crippen LogP) is 3.45. The van der Waals surface area contributed by atoms with Crippen molar-refractivity contribution in [2.75, 3.05) is 0 Å². The van der Waals surface area contributed by atoms with E-state index in [9.17, 15) is 19.5 Å². The standard InChI is InChI=1S/C24H37NO4/c1-13(2)10-18-22-16(5)15(4)12-17-11-14(3)6-7-19(26)20(27)8-9-21(28)24(17,22)23(29)25-18/h11,13,15-19,22,26H,6-10,12H2,1-5H3,(H,25,29)/b14-11+. The second-order valence-corrected chi connectivity index (χ2v) is 10.2. The van der Waals surface area contributed by atoms with Crippen LogP contribution in [0.25, 0.3) is 0 Å². The highest BCUT2D eigenvalue weighted by Gasteiger charge is 2.66. The molecule has 0 aromatic carbocycles. The number of carbonyl (C=O) groups is 3. The van der Waals surface area contributed by atoms with Crippen molar-refractivity contribution in [2.45, 2.75) is 85.3 Å². The molecule has 1 spiro atoms. The molecular weight excluding hydrogens is 366 g/mol. The summed E-state index contributed by atoms with van der Waals surface area (Å²) in [6, 6.07) is -0.00757. The van der Waals surface area contributed by atoms with E-state index in [1.165, 1.54) is 0 Å². The summed E-state index contributed by atoms with van der Waals surface area (Å²) >= 11 is 0. The Morgan fingerprint density at radius 3 is 2.52 bits per heavy atom. The van der Waals surface area contributed by atoms with E-state index in [4.69, 9.17) is 0 Å². The Morgan fingerprint density at radius 1 is 1.17 bits per heavy atom. The van der Waals surface area contributed by atoms with Gasteiger partial charge in [0.25, 0.3) is 0 Å². The van der Waals surface area contributed by atoms with Crippen LogP contribution in [-0.2, 0) is 14.4 Å². The number of hydrogen-bond acceptors (Lipinski definition) is 4. The third-order valence-corrected chi connectivity index (χ3v) is 7.78.